The lowest BCUT2D eigenvalue weighted by Gasteiger charge is -2.39. The second-order valence-corrected chi connectivity index (χ2v) is 8.51. The lowest BCUT2D eigenvalue weighted by atomic mass is 9.68. The first-order valence-corrected chi connectivity index (χ1v) is 9.63. The average Bonchev–Trinajstić information content (AvgIpc) is 2.52. The largest absolute Gasteiger partial charge is 0.463 e. The number of benzene rings is 1. The monoisotopic (exact) mass is 367 g/mol. The van der Waals surface area contributed by atoms with Crippen molar-refractivity contribution in [3.05, 3.63) is 57.4 Å². The topological polar surface area (TPSA) is 55.4 Å². The van der Waals surface area contributed by atoms with E-state index in [0.717, 1.165) is 40.1 Å². The van der Waals surface area contributed by atoms with Crippen molar-refractivity contribution in [2.24, 2.45) is 5.41 Å². The van der Waals surface area contributed by atoms with Gasteiger partial charge in [0.25, 0.3) is 0 Å². The molecule has 1 aliphatic carbocycles. The van der Waals surface area contributed by atoms with E-state index in [4.69, 9.17) is 4.74 Å². The van der Waals surface area contributed by atoms with Crippen molar-refractivity contribution in [3.8, 4) is 0 Å². The molecule has 0 spiro atoms. The van der Waals surface area contributed by atoms with Crippen LogP contribution < -0.4 is 5.32 Å². The van der Waals surface area contributed by atoms with Crippen molar-refractivity contribution in [3.63, 3.8) is 0 Å². The lowest BCUT2D eigenvalue weighted by molar-refractivity contribution is -0.138. The van der Waals surface area contributed by atoms with Crippen molar-refractivity contribution in [2.75, 3.05) is 6.61 Å². The highest BCUT2D eigenvalue weighted by atomic mass is 16.5. The number of dihydropyridines is 1. The third-order valence-corrected chi connectivity index (χ3v) is 5.47. The highest BCUT2D eigenvalue weighted by Crippen LogP contribution is 2.47. The van der Waals surface area contributed by atoms with Crippen molar-refractivity contribution in [1.29, 1.82) is 0 Å². The van der Waals surface area contributed by atoms with E-state index in [9.17, 15) is 9.59 Å². The molecular formula is C23H29NO3. The Bertz CT molecular complexity index is 874. The summed E-state index contributed by atoms with van der Waals surface area (Å²) in [7, 11) is 0. The number of esters is 1. The van der Waals surface area contributed by atoms with Crippen LogP contribution >= 0.6 is 0 Å². The molecule has 3 rings (SSSR count). The lowest BCUT2D eigenvalue weighted by Crippen LogP contribution is -2.38. The predicted molar refractivity (Wildman–Crippen MR) is 106 cm³/mol. The molecule has 2 aliphatic rings. The van der Waals surface area contributed by atoms with Gasteiger partial charge in [0.15, 0.2) is 5.78 Å². The molecule has 0 radical (unpaired) electrons. The van der Waals surface area contributed by atoms with Crippen LogP contribution in [0.2, 0.25) is 0 Å². The van der Waals surface area contributed by atoms with Gasteiger partial charge in [-0.3, -0.25) is 4.79 Å². The van der Waals surface area contributed by atoms with E-state index in [1.807, 2.05) is 32.9 Å². The van der Waals surface area contributed by atoms with Crippen LogP contribution in [0.4, 0.5) is 0 Å². The van der Waals surface area contributed by atoms with E-state index in [1.54, 1.807) is 6.92 Å². The van der Waals surface area contributed by atoms with Crippen molar-refractivity contribution in [2.45, 2.75) is 60.3 Å². The molecular weight excluding hydrogens is 338 g/mol. The van der Waals surface area contributed by atoms with Crippen molar-refractivity contribution >= 4 is 11.8 Å². The minimum Gasteiger partial charge on any atom is -0.463 e. The molecule has 0 fully saturated rings. The van der Waals surface area contributed by atoms with E-state index in [-0.39, 0.29) is 23.1 Å². The first-order chi connectivity index (χ1) is 12.6. The molecule has 0 amide bonds. The molecule has 27 heavy (non-hydrogen) atoms. The Balaban J connectivity index is 2.22. The molecule has 1 aliphatic heterocycles. The molecule has 1 N–H and O–H groups in total. The maximum Gasteiger partial charge on any atom is 0.336 e. The Morgan fingerprint density at radius 2 is 1.93 bits per heavy atom. The summed E-state index contributed by atoms with van der Waals surface area (Å²) in [5, 5.41) is 3.36. The molecule has 4 heteroatoms. The van der Waals surface area contributed by atoms with Crippen LogP contribution in [0, 0.1) is 19.3 Å². The standard InChI is InChI=1S/C23H29NO3/c1-7-27-22(26)19-15(4)24-17-11-23(5,6)12-18(25)21(17)20(19)16-9-8-13(2)10-14(16)3/h8-10,20,24H,7,11-12H2,1-6H3/t20-/m0/s1. The minimum absolute atomic E-state index is 0.0858. The van der Waals surface area contributed by atoms with E-state index in [0.29, 0.717) is 18.6 Å². The summed E-state index contributed by atoms with van der Waals surface area (Å²) < 4.78 is 5.35. The van der Waals surface area contributed by atoms with Gasteiger partial charge >= 0.3 is 5.97 Å². The van der Waals surface area contributed by atoms with Gasteiger partial charge in [0.05, 0.1) is 12.2 Å². The predicted octanol–water partition coefficient (Wildman–Crippen LogP) is 4.47. The summed E-state index contributed by atoms with van der Waals surface area (Å²) >= 11 is 0. The fourth-order valence-corrected chi connectivity index (χ4v) is 4.38. The molecule has 1 atom stereocenters. The van der Waals surface area contributed by atoms with Crippen LogP contribution in [0.25, 0.3) is 0 Å². The van der Waals surface area contributed by atoms with Crippen LogP contribution in [0.15, 0.2) is 40.7 Å². The maximum atomic E-state index is 13.2. The summed E-state index contributed by atoms with van der Waals surface area (Å²) in [6.45, 7) is 12.3. The summed E-state index contributed by atoms with van der Waals surface area (Å²) in [5.41, 5.74) is 6.18. The number of Topliss-reactive ketones (excluding diaryl/α,β-unsaturated/α-hetero) is 1. The second kappa shape index (κ2) is 6.99. The van der Waals surface area contributed by atoms with Gasteiger partial charge in [-0.2, -0.15) is 0 Å². The number of carbonyl (C=O) groups is 2. The highest BCUT2D eigenvalue weighted by Gasteiger charge is 2.43. The molecule has 4 nitrogen and oxygen atoms in total. The third kappa shape index (κ3) is 3.58. The molecule has 1 aromatic rings. The molecule has 0 aromatic heterocycles. The van der Waals surface area contributed by atoms with Gasteiger partial charge < -0.3 is 10.1 Å². The SMILES string of the molecule is CCOC(=O)C1=C(C)NC2=C(C(=O)CC(C)(C)C2)[C@H]1c1ccc(C)cc1C. The second-order valence-electron chi connectivity index (χ2n) is 8.51. The van der Waals surface area contributed by atoms with Crippen LogP contribution in [0.5, 0.6) is 0 Å². The van der Waals surface area contributed by atoms with Gasteiger partial charge in [-0.25, -0.2) is 4.79 Å². The highest BCUT2D eigenvalue weighted by molar-refractivity contribution is 6.04. The molecule has 0 bridgehead atoms. The van der Waals surface area contributed by atoms with E-state index in [1.165, 1.54) is 0 Å². The Labute approximate surface area is 161 Å². The first kappa shape index (κ1) is 19.4. The number of allylic oxidation sites excluding steroid dienone is 3. The van der Waals surface area contributed by atoms with Crippen molar-refractivity contribution < 1.29 is 14.3 Å². The number of aryl methyl sites for hydroxylation is 2. The number of ether oxygens (including phenoxy) is 1. The van der Waals surface area contributed by atoms with Gasteiger partial charge in [-0.1, -0.05) is 37.6 Å². The summed E-state index contributed by atoms with van der Waals surface area (Å²) in [6.07, 6.45) is 1.28. The molecule has 144 valence electrons. The van der Waals surface area contributed by atoms with E-state index < -0.39 is 0 Å². The Hall–Kier alpha value is -2.36. The zero-order valence-corrected chi connectivity index (χ0v) is 17.2. The number of ketones is 1. The smallest absolute Gasteiger partial charge is 0.336 e. The maximum absolute atomic E-state index is 13.2. The van der Waals surface area contributed by atoms with Gasteiger partial charge in [-0.05, 0) is 50.7 Å². The van der Waals surface area contributed by atoms with Gasteiger partial charge in [0.1, 0.15) is 0 Å². The van der Waals surface area contributed by atoms with E-state index in [2.05, 4.69) is 25.2 Å². The minimum atomic E-state index is -0.371. The fraction of sp³-hybridized carbons (Fsp3) is 0.478. The van der Waals surface area contributed by atoms with Crippen LogP contribution in [-0.4, -0.2) is 18.4 Å². The summed E-state index contributed by atoms with van der Waals surface area (Å²) in [5.74, 6) is -0.603. The number of hydrogen-bond donors (Lipinski definition) is 1. The quantitative estimate of drug-likeness (QED) is 0.801. The Morgan fingerprint density at radius 1 is 1.22 bits per heavy atom. The third-order valence-electron chi connectivity index (χ3n) is 5.47. The molecule has 1 heterocycles. The first-order valence-electron chi connectivity index (χ1n) is 9.63. The van der Waals surface area contributed by atoms with Crippen LogP contribution in [0.3, 0.4) is 0 Å². The van der Waals surface area contributed by atoms with Crippen LogP contribution in [0.1, 0.15) is 63.1 Å². The number of nitrogens with one attached hydrogen (secondary N) is 1. The summed E-state index contributed by atoms with van der Waals surface area (Å²) in [6, 6.07) is 6.19. The van der Waals surface area contributed by atoms with E-state index >= 15 is 0 Å². The average molecular weight is 367 g/mol. The molecule has 0 unspecified atom stereocenters. The Morgan fingerprint density at radius 3 is 2.56 bits per heavy atom. The zero-order chi connectivity index (χ0) is 19.9. The van der Waals surface area contributed by atoms with Crippen LogP contribution in [-0.2, 0) is 14.3 Å². The fourth-order valence-electron chi connectivity index (χ4n) is 4.38. The molecule has 0 saturated heterocycles. The number of hydrogen-bond acceptors (Lipinski definition) is 4. The zero-order valence-electron chi connectivity index (χ0n) is 17.2. The van der Waals surface area contributed by atoms with Gasteiger partial charge in [-0.15, -0.1) is 0 Å². The number of rotatable bonds is 3. The Kier molecular flexibility index (Phi) is 5.02. The van der Waals surface area contributed by atoms with Gasteiger partial charge in [0.2, 0.25) is 0 Å². The normalized spacial score (nSPS) is 21.7. The molecule has 0 saturated carbocycles. The number of carbonyl (C=O) groups excluding carboxylic acids is 2. The molecule has 1 aromatic carbocycles. The summed E-state index contributed by atoms with van der Waals surface area (Å²) in [4.78, 5) is 26.0. The van der Waals surface area contributed by atoms with Crippen molar-refractivity contribution in [1.82, 2.24) is 5.32 Å². The van der Waals surface area contributed by atoms with Gasteiger partial charge in [0, 0.05) is 29.3 Å².